The summed E-state index contributed by atoms with van der Waals surface area (Å²) in [5, 5.41) is 0. The predicted molar refractivity (Wildman–Crippen MR) is 123 cm³/mol. The standard InChI is InChI=1S/C24H29NO6S/c1-23(2,3)31-21(26)16-11-17-24(19-12-7-5-8-13-19,20-14-9-6-10-15-20)18-32(28,29)25-22(27)30-4/h5-16H,17-18H2,1-4H3,(H,25,27)/b16-11+. The van der Waals surface area contributed by atoms with Gasteiger partial charge in [-0.2, -0.15) is 0 Å². The molecule has 0 spiro atoms. The zero-order valence-corrected chi connectivity index (χ0v) is 19.5. The van der Waals surface area contributed by atoms with Crippen LogP contribution in [0.4, 0.5) is 4.79 Å². The van der Waals surface area contributed by atoms with E-state index >= 15 is 0 Å². The van der Waals surface area contributed by atoms with Crippen molar-refractivity contribution < 1.29 is 27.5 Å². The number of nitrogens with one attached hydrogen (secondary N) is 1. The Balaban J connectivity index is 2.55. The molecule has 0 bridgehead atoms. The number of hydrogen-bond donors (Lipinski definition) is 1. The normalized spacial score (nSPS) is 12.4. The molecule has 172 valence electrons. The summed E-state index contributed by atoms with van der Waals surface area (Å²) in [6, 6.07) is 18.2. The maximum Gasteiger partial charge on any atom is 0.420 e. The van der Waals surface area contributed by atoms with Crippen molar-refractivity contribution in [3.63, 3.8) is 0 Å². The predicted octanol–water partition coefficient (Wildman–Crippen LogP) is 3.95. The highest BCUT2D eigenvalue weighted by atomic mass is 32.2. The Morgan fingerprint density at radius 2 is 1.44 bits per heavy atom. The lowest BCUT2D eigenvalue weighted by Crippen LogP contribution is -2.42. The SMILES string of the molecule is COC(=O)NS(=O)(=O)CC(C/C=C/C(=O)OC(C)(C)C)(c1ccccc1)c1ccccc1. The molecular formula is C24H29NO6S. The van der Waals surface area contributed by atoms with Crippen molar-refractivity contribution in [3.8, 4) is 0 Å². The van der Waals surface area contributed by atoms with Crippen molar-refractivity contribution in [2.45, 2.75) is 38.2 Å². The third-order valence-electron chi connectivity index (χ3n) is 4.64. The molecule has 2 aromatic rings. The summed E-state index contributed by atoms with van der Waals surface area (Å²) in [5.74, 6) is -0.968. The van der Waals surface area contributed by atoms with E-state index in [-0.39, 0.29) is 6.42 Å². The number of hydrogen-bond acceptors (Lipinski definition) is 6. The molecule has 0 radical (unpaired) electrons. The Kier molecular flexibility index (Phi) is 8.21. The molecule has 2 aromatic carbocycles. The zero-order chi connectivity index (χ0) is 23.8. The summed E-state index contributed by atoms with van der Waals surface area (Å²) in [6.07, 6.45) is 2.00. The van der Waals surface area contributed by atoms with Gasteiger partial charge in [-0.1, -0.05) is 66.7 Å². The summed E-state index contributed by atoms with van der Waals surface area (Å²) in [5.41, 5.74) is -0.294. The number of ether oxygens (including phenoxy) is 2. The Labute approximate surface area is 189 Å². The third-order valence-corrected chi connectivity index (χ3v) is 5.99. The molecule has 32 heavy (non-hydrogen) atoms. The summed E-state index contributed by atoms with van der Waals surface area (Å²) < 4.78 is 37.5. The monoisotopic (exact) mass is 459 g/mol. The van der Waals surface area contributed by atoms with Gasteiger partial charge in [-0.05, 0) is 38.3 Å². The maximum absolute atomic E-state index is 12.9. The molecule has 8 heteroatoms. The first kappa shape index (κ1) is 25.1. The van der Waals surface area contributed by atoms with Gasteiger partial charge < -0.3 is 9.47 Å². The van der Waals surface area contributed by atoms with Crippen LogP contribution in [0.5, 0.6) is 0 Å². The summed E-state index contributed by atoms with van der Waals surface area (Å²) in [4.78, 5) is 23.8. The smallest absolute Gasteiger partial charge is 0.420 e. The van der Waals surface area contributed by atoms with Crippen LogP contribution < -0.4 is 4.72 Å². The molecule has 0 aliphatic rings. The summed E-state index contributed by atoms with van der Waals surface area (Å²) >= 11 is 0. The Bertz CT molecular complexity index is 1000. The second-order valence-electron chi connectivity index (χ2n) is 8.31. The molecule has 1 N–H and O–H groups in total. The molecule has 0 saturated heterocycles. The summed E-state index contributed by atoms with van der Waals surface area (Å²) in [6.45, 7) is 5.30. The van der Waals surface area contributed by atoms with E-state index in [1.165, 1.54) is 6.08 Å². The number of rotatable bonds is 8. The number of carbonyl (C=O) groups excluding carboxylic acids is 2. The van der Waals surface area contributed by atoms with Gasteiger partial charge in [0.15, 0.2) is 0 Å². The fourth-order valence-corrected chi connectivity index (χ4v) is 4.87. The zero-order valence-electron chi connectivity index (χ0n) is 18.7. The molecule has 0 saturated carbocycles. The molecule has 0 fully saturated rings. The quantitative estimate of drug-likeness (QED) is 0.474. The van der Waals surface area contributed by atoms with Crippen LogP contribution in [0.3, 0.4) is 0 Å². The minimum absolute atomic E-state index is 0.169. The number of allylic oxidation sites excluding steroid dienone is 1. The average Bonchev–Trinajstić information content (AvgIpc) is 2.72. The second-order valence-corrected chi connectivity index (χ2v) is 10.0. The molecule has 0 aliphatic carbocycles. The number of carbonyl (C=O) groups is 2. The van der Waals surface area contributed by atoms with Gasteiger partial charge in [0.25, 0.3) is 0 Å². The summed E-state index contributed by atoms with van der Waals surface area (Å²) in [7, 11) is -3.01. The van der Waals surface area contributed by atoms with E-state index in [9.17, 15) is 18.0 Å². The van der Waals surface area contributed by atoms with Crippen molar-refractivity contribution >= 4 is 22.1 Å². The first-order valence-electron chi connectivity index (χ1n) is 10.1. The van der Waals surface area contributed by atoms with Gasteiger partial charge in [-0.25, -0.2) is 22.7 Å². The number of methoxy groups -OCH3 is 1. The Morgan fingerprint density at radius 1 is 0.938 bits per heavy atom. The Morgan fingerprint density at radius 3 is 1.88 bits per heavy atom. The van der Waals surface area contributed by atoms with E-state index in [4.69, 9.17) is 4.74 Å². The van der Waals surface area contributed by atoms with Gasteiger partial charge in [0.1, 0.15) is 5.60 Å². The van der Waals surface area contributed by atoms with Crippen LogP contribution in [0.2, 0.25) is 0 Å². The molecule has 0 aliphatic heterocycles. The van der Waals surface area contributed by atoms with Crippen molar-refractivity contribution in [1.29, 1.82) is 0 Å². The number of benzene rings is 2. The number of amides is 1. The van der Waals surface area contributed by atoms with E-state index in [1.54, 1.807) is 26.8 Å². The molecule has 0 unspecified atom stereocenters. The van der Waals surface area contributed by atoms with Crippen LogP contribution in [0.1, 0.15) is 38.3 Å². The lowest BCUT2D eigenvalue weighted by molar-refractivity contribution is -0.148. The third kappa shape index (κ3) is 7.23. The van der Waals surface area contributed by atoms with Gasteiger partial charge in [0.2, 0.25) is 10.0 Å². The van der Waals surface area contributed by atoms with E-state index in [0.29, 0.717) is 0 Å². The van der Waals surface area contributed by atoms with Crippen LogP contribution in [-0.2, 0) is 29.7 Å². The van der Waals surface area contributed by atoms with Gasteiger partial charge in [0.05, 0.1) is 12.9 Å². The largest absolute Gasteiger partial charge is 0.457 e. The van der Waals surface area contributed by atoms with E-state index in [0.717, 1.165) is 18.2 Å². The highest BCUT2D eigenvalue weighted by Gasteiger charge is 2.39. The molecule has 2 rings (SSSR count). The molecular weight excluding hydrogens is 430 g/mol. The molecule has 0 atom stereocenters. The number of sulfonamides is 1. The van der Waals surface area contributed by atoms with Crippen molar-refractivity contribution in [1.82, 2.24) is 4.72 Å². The van der Waals surface area contributed by atoms with Gasteiger partial charge in [0, 0.05) is 11.5 Å². The first-order valence-corrected chi connectivity index (χ1v) is 11.7. The molecule has 0 aromatic heterocycles. The minimum Gasteiger partial charge on any atom is -0.457 e. The fourth-order valence-electron chi connectivity index (χ4n) is 3.36. The highest BCUT2D eigenvalue weighted by molar-refractivity contribution is 7.90. The lowest BCUT2D eigenvalue weighted by atomic mass is 9.73. The van der Waals surface area contributed by atoms with Crippen LogP contribution in [0.25, 0.3) is 0 Å². The average molecular weight is 460 g/mol. The van der Waals surface area contributed by atoms with Gasteiger partial charge in [-0.3, -0.25) is 0 Å². The molecule has 0 heterocycles. The highest BCUT2D eigenvalue weighted by Crippen LogP contribution is 2.37. The maximum atomic E-state index is 12.9. The Hall–Kier alpha value is -3.13. The van der Waals surface area contributed by atoms with E-state index < -0.39 is 38.9 Å². The van der Waals surface area contributed by atoms with Crippen LogP contribution in [0, 0.1) is 0 Å². The van der Waals surface area contributed by atoms with Crippen molar-refractivity contribution in [3.05, 3.63) is 83.9 Å². The minimum atomic E-state index is -4.10. The van der Waals surface area contributed by atoms with E-state index in [2.05, 4.69) is 4.74 Å². The van der Waals surface area contributed by atoms with E-state index in [1.807, 2.05) is 65.4 Å². The second kappa shape index (κ2) is 10.5. The van der Waals surface area contributed by atoms with Crippen LogP contribution >= 0.6 is 0 Å². The van der Waals surface area contributed by atoms with Gasteiger partial charge >= 0.3 is 12.1 Å². The van der Waals surface area contributed by atoms with Crippen LogP contribution in [-0.4, -0.2) is 38.9 Å². The van der Waals surface area contributed by atoms with Crippen LogP contribution in [0.15, 0.2) is 72.8 Å². The fraction of sp³-hybridized carbons (Fsp3) is 0.333. The topological polar surface area (TPSA) is 98.8 Å². The van der Waals surface area contributed by atoms with Crippen molar-refractivity contribution in [2.24, 2.45) is 0 Å². The first-order chi connectivity index (χ1) is 15.0. The molecule has 1 amide bonds. The lowest BCUT2D eigenvalue weighted by Gasteiger charge is -2.34. The molecule has 7 nitrogen and oxygen atoms in total. The number of esters is 1. The van der Waals surface area contributed by atoms with Crippen molar-refractivity contribution in [2.75, 3.05) is 12.9 Å². The van der Waals surface area contributed by atoms with Gasteiger partial charge in [-0.15, -0.1) is 0 Å².